The van der Waals surface area contributed by atoms with E-state index in [9.17, 15) is 8.78 Å². The Morgan fingerprint density at radius 2 is 2.06 bits per heavy atom. The van der Waals surface area contributed by atoms with Crippen molar-refractivity contribution < 1.29 is 8.78 Å². The molecule has 2 rings (SSSR count). The van der Waals surface area contributed by atoms with E-state index in [1.54, 1.807) is 10.9 Å². The molecule has 3 nitrogen and oxygen atoms in total. The lowest BCUT2D eigenvalue weighted by molar-refractivity contribution is 0.507. The standard InChI is InChI=1S/C12H13F2N3/c1-8-9(6-15-2)7-16-17(8)10-3-4-11(13)12(14)5-10/h3-5,7,15H,6H2,1-2H3. The van der Waals surface area contributed by atoms with Crippen LogP contribution < -0.4 is 5.32 Å². The molecule has 0 bridgehead atoms. The van der Waals surface area contributed by atoms with Crippen LogP contribution in [0.1, 0.15) is 11.3 Å². The Bertz CT molecular complexity index is 535. The van der Waals surface area contributed by atoms with Crippen molar-refractivity contribution in [3.63, 3.8) is 0 Å². The number of nitrogens with one attached hydrogen (secondary N) is 1. The predicted octanol–water partition coefficient (Wildman–Crippen LogP) is 2.18. The smallest absolute Gasteiger partial charge is 0.160 e. The van der Waals surface area contributed by atoms with Gasteiger partial charge < -0.3 is 5.32 Å². The van der Waals surface area contributed by atoms with Crippen LogP contribution >= 0.6 is 0 Å². The number of hydrogen-bond donors (Lipinski definition) is 1. The van der Waals surface area contributed by atoms with E-state index in [1.807, 2.05) is 14.0 Å². The summed E-state index contributed by atoms with van der Waals surface area (Å²) < 4.78 is 27.5. The van der Waals surface area contributed by atoms with Gasteiger partial charge in [0.15, 0.2) is 11.6 Å². The molecule has 0 amide bonds. The predicted molar refractivity (Wildman–Crippen MR) is 61.0 cm³/mol. The van der Waals surface area contributed by atoms with Gasteiger partial charge in [0, 0.05) is 23.9 Å². The summed E-state index contributed by atoms with van der Waals surface area (Å²) in [5.41, 5.74) is 2.45. The van der Waals surface area contributed by atoms with Crippen molar-refractivity contribution in [2.75, 3.05) is 7.05 Å². The first kappa shape index (κ1) is 11.7. The van der Waals surface area contributed by atoms with Crippen LogP contribution in [-0.2, 0) is 6.54 Å². The first-order chi connectivity index (χ1) is 8.13. The van der Waals surface area contributed by atoms with Crippen molar-refractivity contribution in [1.29, 1.82) is 0 Å². The summed E-state index contributed by atoms with van der Waals surface area (Å²) in [5.74, 6) is -1.72. The monoisotopic (exact) mass is 237 g/mol. The largest absolute Gasteiger partial charge is 0.316 e. The summed E-state index contributed by atoms with van der Waals surface area (Å²) in [6.45, 7) is 2.58. The molecule has 5 heteroatoms. The van der Waals surface area contributed by atoms with Gasteiger partial charge in [-0.25, -0.2) is 13.5 Å². The first-order valence-electron chi connectivity index (χ1n) is 5.27. The van der Waals surface area contributed by atoms with Crippen molar-refractivity contribution in [1.82, 2.24) is 15.1 Å². The van der Waals surface area contributed by atoms with Gasteiger partial charge in [-0.1, -0.05) is 0 Å². The van der Waals surface area contributed by atoms with Crippen LogP contribution in [0.3, 0.4) is 0 Å². The third-order valence-electron chi connectivity index (χ3n) is 2.63. The third-order valence-corrected chi connectivity index (χ3v) is 2.63. The van der Waals surface area contributed by atoms with Crippen LogP contribution in [0.5, 0.6) is 0 Å². The number of halogens is 2. The minimum absolute atomic E-state index is 0.517. The summed E-state index contributed by atoms with van der Waals surface area (Å²) >= 11 is 0. The summed E-state index contributed by atoms with van der Waals surface area (Å²) in [7, 11) is 1.84. The molecule has 1 aromatic carbocycles. The Morgan fingerprint density at radius 1 is 1.29 bits per heavy atom. The van der Waals surface area contributed by atoms with Crippen LogP contribution in [0.2, 0.25) is 0 Å². The summed E-state index contributed by atoms with van der Waals surface area (Å²) in [5, 5.41) is 7.19. The number of benzene rings is 1. The molecule has 90 valence electrons. The Hall–Kier alpha value is -1.75. The van der Waals surface area contributed by atoms with Crippen LogP contribution in [0, 0.1) is 18.6 Å². The van der Waals surface area contributed by atoms with Gasteiger partial charge in [-0.15, -0.1) is 0 Å². The van der Waals surface area contributed by atoms with E-state index in [-0.39, 0.29) is 0 Å². The van der Waals surface area contributed by atoms with Crippen LogP contribution in [0.4, 0.5) is 8.78 Å². The lowest BCUT2D eigenvalue weighted by atomic mass is 10.2. The molecule has 0 aliphatic carbocycles. The molecule has 0 aliphatic heterocycles. The van der Waals surface area contributed by atoms with E-state index in [2.05, 4.69) is 10.4 Å². The van der Waals surface area contributed by atoms with Gasteiger partial charge in [-0.3, -0.25) is 0 Å². The van der Waals surface area contributed by atoms with Gasteiger partial charge in [0.1, 0.15) is 0 Å². The van der Waals surface area contributed by atoms with Gasteiger partial charge in [0.05, 0.1) is 11.9 Å². The molecule has 0 spiro atoms. The number of aromatic nitrogens is 2. The molecule has 1 heterocycles. The number of rotatable bonds is 3. The molecule has 0 saturated heterocycles. The Labute approximate surface area is 98.1 Å². The molecule has 0 saturated carbocycles. The van der Waals surface area contributed by atoms with E-state index >= 15 is 0 Å². The molecular formula is C12H13F2N3. The highest BCUT2D eigenvalue weighted by Crippen LogP contribution is 2.16. The van der Waals surface area contributed by atoms with E-state index in [1.165, 1.54) is 6.07 Å². The molecule has 1 N–H and O–H groups in total. The molecule has 0 atom stereocenters. The minimum atomic E-state index is -0.868. The Kier molecular flexibility index (Phi) is 3.19. The molecule has 0 radical (unpaired) electrons. The maximum absolute atomic E-state index is 13.1. The molecule has 17 heavy (non-hydrogen) atoms. The molecule has 0 fully saturated rings. The van der Waals surface area contributed by atoms with Crippen molar-refractivity contribution in [2.45, 2.75) is 13.5 Å². The average Bonchev–Trinajstić information content (AvgIpc) is 2.66. The van der Waals surface area contributed by atoms with Gasteiger partial charge in [0.2, 0.25) is 0 Å². The minimum Gasteiger partial charge on any atom is -0.316 e. The maximum atomic E-state index is 13.1. The van der Waals surface area contributed by atoms with Crippen LogP contribution in [-0.4, -0.2) is 16.8 Å². The zero-order valence-electron chi connectivity index (χ0n) is 9.67. The first-order valence-corrected chi connectivity index (χ1v) is 5.27. The second-order valence-electron chi connectivity index (χ2n) is 3.80. The lowest BCUT2D eigenvalue weighted by Gasteiger charge is -2.06. The highest BCUT2D eigenvalue weighted by molar-refractivity contribution is 5.35. The second kappa shape index (κ2) is 4.63. The fraction of sp³-hybridized carbons (Fsp3) is 0.250. The SMILES string of the molecule is CNCc1cnn(-c2ccc(F)c(F)c2)c1C. The van der Waals surface area contributed by atoms with Gasteiger partial charge in [-0.2, -0.15) is 5.10 Å². The zero-order valence-corrected chi connectivity index (χ0v) is 9.67. The highest BCUT2D eigenvalue weighted by atomic mass is 19.2. The lowest BCUT2D eigenvalue weighted by Crippen LogP contribution is -2.06. The number of nitrogens with zero attached hydrogens (tertiary/aromatic N) is 2. The topological polar surface area (TPSA) is 29.9 Å². The Morgan fingerprint density at radius 3 is 2.71 bits per heavy atom. The molecule has 0 unspecified atom stereocenters. The summed E-state index contributed by atoms with van der Waals surface area (Å²) in [6, 6.07) is 3.74. The van der Waals surface area contributed by atoms with E-state index in [0.717, 1.165) is 23.4 Å². The fourth-order valence-electron chi connectivity index (χ4n) is 1.68. The zero-order chi connectivity index (χ0) is 12.4. The Balaban J connectivity index is 2.42. The van der Waals surface area contributed by atoms with Gasteiger partial charge in [-0.05, 0) is 26.1 Å². The molecule has 0 aliphatic rings. The van der Waals surface area contributed by atoms with Crippen molar-refractivity contribution in [3.05, 3.63) is 47.3 Å². The third kappa shape index (κ3) is 2.19. The average molecular weight is 237 g/mol. The maximum Gasteiger partial charge on any atom is 0.160 e. The molecular weight excluding hydrogens is 224 g/mol. The normalized spacial score (nSPS) is 10.8. The summed E-state index contributed by atoms with van der Waals surface area (Å²) in [4.78, 5) is 0. The van der Waals surface area contributed by atoms with Gasteiger partial charge in [0.25, 0.3) is 0 Å². The van der Waals surface area contributed by atoms with E-state index in [4.69, 9.17) is 0 Å². The van der Waals surface area contributed by atoms with Gasteiger partial charge >= 0.3 is 0 Å². The fourth-order valence-corrected chi connectivity index (χ4v) is 1.68. The summed E-state index contributed by atoms with van der Waals surface area (Å²) in [6.07, 6.45) is 1.72. The van der Waals surface area contributed by atoms with E-state index in [0.29, 0.717) is 12.2 Å². The van der Waals surface area contributed by atoms with Crippen LogP contribution in [0.25, 0.3) is 5.69 Å². The van der Waals surface area contributed by atoms with E-state index < -0.39 is 11.6 Å². The number of hydrogen-bond acceptors (Lipinski definition) is 2. The molecule has 2 aromatic rings. The quantitative estimate of drug-likeness (QED) is 0.886. The van der Waals surface area contributed by atoms with Crippen molar-refractivity contribution in [2.24, 2.45) is 0 Å². The highest BCUT2D eigenvalue weighted by Gasteiger charge is 2.09. The van der Waals surface area contributed by atoms with Crippen molar-refractivity contribution >= 4 is 0 Å². The van der Waals surface area contributed by atoms with Crippen LogP contribution in [0.15, 0.2) is 24.4 Å². The molecule has 1 aromatic heterocycles. The van der Waals surface area contributed by atoms with Crippen molar-refractivity contribution in [3.8, 4) is 5.69 Å². The second-order valence-corrected chi connectivity index (χ2v) is 3.80.